The van der Waals surface area contributed by atoms with E-state index in [1.54, 1.807) is 12.1 Å². The predicted molar refractivity (Wildman–Crippen MR) is 107 cm³/mol. The van der Waals surface area contributed by atoms with Crippen molar-refractivity contribution in [2.75, 3.05) is 6.61 Å². The molecule has 142 valence electrons. The Morgan fingerprint density at radius 2 is 2.00 bits per heavy atom. The van der Waals surface area contributed by atoms with Gasteiger partial charge in [-0.2, -0.15) is 0 Å². The highest BCUT2D eigenvalue weighted by molar-refractivity contribution is 5.76. The highest BCUT2D eigenvalue weighted by Crippen LogP contribution is 2.43. The maximum absolute atomic E-state index is 11.0. The van der Waals surface area contributed by atoms with Crippen molar-refractivity contribution in [3.05, 3.63) is 47.6 Å². The minimum Gasteiger partial charge on any atom is -0.490 e. The molecule has 0 heterocycles. The molecule has 3 atom stereocenters. The van der Waals surface area contributed by atoms with E-state index in [-0.39, 0.29) is 17.4 Å². The van der Waals surface area contributed by atoms with Crippen LogP contribution in [0.15, 0.2) is 42.0 Å². The van der Waals surface area contributed by atoms with Crippen molar-refractivity contribution in [2.45, 2.75) is 54.1 Å². The van der Waals surface area contributed by atoms with Crippen molar-refractivity contribution in [1.82, 2.24) is 0 Å². The van der Waals surface area contributed by atoms with Gasteiger partial charge in [0.2, 0.25) is 0 Å². The van der Waals surface area contributed by atoms with Gasteiger partial charge in [-0.15, -0.1) is 0 Å². The van der Waals surface area contributed by atoms with Gasteiger partial charge in [-0.3, -0.25) is 4.79 Å². The molecule has 1 aliphatic rings. The Labute approximate surface area is 158 Å². The molecule has 1 aliphatic carbocycles. The number of ether oxygens (including phenoxy) is 2. The number of allylic oxidation sites excluding steroid dienone is 3. The van der Waals surface area contributed by atoms with E-state index >= 15 is 0 Å². The van der Waals surface area contributed by atoms with Gasteiger partial charge in [0.15, 0.2) is 11.5 Å². The Hall–Kier alpha value is -2.03. The number of hydrogen-bond donors (Lipinski definition) is 0. The molecular formula is C23H32O3. The van der Waals surface area contributed by atoms with Gasteiger partial charge in [0.05, 0.1) is 6.61 Å². The SMILES string of the molecule is CCOc1cc(C=O)ccc1OC(C)C(C)/C=C/C1CC=C(C)C1(C)C. The molecule has 0 aromatic heterocycles. The first-order valence-corrected chi connectivity index (χ1v) is 9.53. The molecule has 1 aromatic rings. The van der Waals surface area contributed by atoms with Crippen LogP contribution in [-0.4, -0.2) is 19.0 Å². The van der Waals surface area contributed by atoms with E-state index < -0.39 is 0 Å². The Kier molecular flexibility index (Phi) is 6.69. The molecule has 0 amide bonds. The predicted octanol–water partition coefficient (Wildman–Crippen LogP) is 5.85. The lowest BCUT2D eigenvalue weighted by Crippen LogP contribution is -2.22. The lowest BCUT2D eigenvalue weighted by atomic mass is 9.77. The second-order valence-corrected chi connectivity index (χ2v) is 7.78. The maximum atomic E-state index is 11.0. The Bertz CT molecular complexity index is 685. The molecule has 1 aromatic carbocycles. The van der Waals surface area contributed by atoms with Gasteiger partial charge in [-0.1, -0.05) is 44.6 Å². The Morgan fingerprint density at radius 1 is 1.27 bits per heavy atom. The van der Waals surface area contributed by atoms with E-state index in [1.807, 2.05) is 13.0 Å². The highest BCUT2D eigenvalue weighted by Gasteiger charge is 2.33. The highest BCUT2D eigenvalue weighted by atomic mass is 16.5. The molecule has 0 saturated carbocycles. The van der Waals surface area contributed by atoms with Gasteiger partial charge in [0, 0.05) is 11.5 Å². The van der Waals surface area contributed by atoms with E-state index in [9.17, 15) is 4.79 Å². The zero-order valence-electron chi connectivity index (χ0n) is 16.9. The van der Waals surface area contributed by atoms with Crippen LogP contribution in [-0.2, 0) is 0 Å². The second-order valence-electron chi connectivity index (χ2n) is 7.78. The zero-order chi connectivity index (χ0) is 19.3. The smallest absolute Gasteiger partial charge is 0.161 e. The largest absolute Gasteiger partial charge is 0.490 e. The summed E-state index contributed by atoms with van der Waals surface area (Å²) in [5.41, 5.74) is 2.29. The van der Waals surface area contributed by atoms with Crippen LogP contribution in [0.25, 0.3) is 0 Å². The summed E-state index contributed by atoms with van der Waals surface area (Å²) in [5, 5.41) is 0. The van der Waals surface area contributed by atoms with Crippen molar-refractivity contribution in [2.24, 2.45) is 17.3 Å². The molecule has 0 saturated heterocycles. The lowest BCUT2D eigenvalue weighted by molar-refractivity contribution is 0.112. The van der Waals surface area contributed by atoms with Crippen LogP contribution < -0.4 is 9.47 Å². The van der Waals surface area contributed by atoms with Crippen molar-refractivity contribution < 1.29 is 14.3 Å². The molecule has 26 heavy (non-hydrogen) atoms. The van der Waals surface area contributed by atoms with E-state index in [0.717, 1.165) is 12.7 Å². The van der Waals surface area contributed by atoms with Crippen LogP contribution in [0.3, 0.4) is 0 Å². The number of carbonyl (C=O) groups is 1. The molecule has 0 radical (unpaired) electrons. The van der Waals surface area contributed by atoms with Crippen molar-refractivity contribution >= 4 is 6.29 Å². The number of carbonyl (C=O) groups excluding carboxylic acids is 1. The average Bonchev–Trinajstić information content (AvgIpc) is 2.87. The minimum absolute atomic E-state index is 0.00566. The average molecular weight is 357 g/mol. The molecule has 2 rings (SSSR count). The van der Waals surface area contributed by atoms with Crippen LogP contribution in [0.5, 0.6) is 11.5 Å². The molecule has 3 heteroatoms. The normalized spacial score (nSPS) is 21.3. The second kappa shape index (κ2) is 8.57. The Morgan fingerprint density at radius 3 is 2.58 bits per heavy atom. The fourth-order valence-corrected chi connectivity index (χ4v) is 3.21. The van der Waals surface area contributed by atoms with E-state index in [1.165, 1.54) is 5.57 Å². The van der Waals surface area contributed by atoms with E-state index in [2.05, 4.69) is 52.8 Å². The van der Waals surface area contributed by atoms with Gasteiger partial charge in [-0.05, 0) is 56.7 Å². The fraction of sp³-hybridized carbons (Fsp3) is 0.522. The van der Waals surface area contributed by atoms with Crippen LogP contribution >= 0.6 is 0 Å². The van der Waals surface area contributed by atoms with Gasteiger partial charge < -0.3 is 9.47 Å². The van der Waals surface area contributed by atoms with E-state index in [0.29, 0.717) is 29.6 Å². The lowest BCUT2D eigenvalue weighted by Gasteiger charge is -2.28. The topological polar surface area (TPSA) is 35.5 Å². The minimum atomic E-state index is 0.00566. The number of hydrogen-bond acceptors (Lipinski definition) is 3. The monoisotopic (exact) mass is 356 g/mol. The first-order valence-electron chi connectivity index (χ1n) is 9.53. The summed E-state index contributed by atoms with van der Waals surface area (Å²) in [4.78, 5) is 11.0. The third-order valence-electron chi connectivity index (χ3n) is 5.73. The summed E-state index contributed by atoms with van der Waals surface area (Å²) in [7, 11) is 0. The third-order valence-corrected chi connectivity index (χ3v) is 5.73. The van der Waals surface area contributed by atoms with Crippen molar-refractivity contribution in [3.63, 3.8) is 0 Å². The van der Waals surface area contributed by atoms with Crippen molar-refractivity contribution in [1.29, 1.82) is 0 Å². The molecule has 3 unspecified atom stereocenters. The molecular weight excluding hydrogens is 324 g/mol. The summed E-state index contributed by atoms with van der Waals surface area (Å²) in [6.45, 7) is 13.5. The molecule has 0 spiro atoms. The maximum Gasteiger partial charge on any atom is 0.161 e. The molecule has 0 fully saturated rings. The first-order chi connectivity index (χ1) is 12.3. The summed E-state index contributed by atoms with van der Waals surface area (Å²) >= 11 is 0. The van der Waals surface area contributed by atoms with Crippen LogP contribution in [0.2, 0.25) is 0 Å². The van der Waals surface area contributed by atoms with Gasteiger partial charge in [0.25, 0.3) is 0 Å². The number of benzene rings is 1. The van der Waals surface area contributed by atoms with Crippen LogP contribution in [0, 0.1) is 17.3 Å². The standard InChI is InChI=1S/C23H32O3/c1-7-25-22-14-19(15-24)10-13-21(22)26-18(4)16(2)8-11-20-12-9-17(3)23(20,5)6/h8-11,13-16,18,20H,7,12H2,1-6H3/b11-8+. The summed E-state index contributed by atoms with van der Waals surface area (Å²) in [6, 6.07) is 5.30. The third kappa shape index (κ3) is 4.57. The quantitative estimate of drug-likeness (QED) is 0.433. The number of aldehydes is 1. The van der Waals surface area contributed by atoms with Gasteiger partial charge in [-0.25, -0.2) is 0 Å². The van der Waals surface area contributed by atoms with Gasteiger partial charge >= 0.3 is 0 Å². The summed E-state index contributed by atoms with van der Waals surface area (Å²) in [6.07, 6.45) is 8.90. The molecule has 3 nitrogen and oxygen atoms in total. The van der Waals surface area contributed by atoms with E-state index in [4.69, 9.17) is 9.47 Å². The van der Waals surface area contributed by atoms with Crippen LogP contribution in [0.4, 0.5) is 0 Å². The Balaban J connectivity index is 2.04. The molecule has 0 N–H and O–H groups in total. The van der Waals surface area contributed by atoms with Crippen molar-refractivity contribution in [3.8, 4) is 11.5 Å². The first kappa shape index (κ1) is 20.3. The van der Waals surface area contributed by atoms with Crippen LogP contribution in [0.1, 0.15) is 58.3 Å². The molecule has 0 aliphatic heterocycles. The van der Waals surface area contributed by atoms with Gasteiger partial charge in [0.1, 0.15) is 12.4 Å². The summed E-state index contributed by atoms with van der Waals surface area (Å²) < 4.78 is 11.8. The zero-order valence-corrected chi connectivity index (χ0v) is 16.9. The number of rotatable bonds is 8. The fourth-order valence-electron chi connectivity index (χ4n) is 3.21. The molecule has 0 bridgehead atoms. The summed E-state index contributed by atoms with van der Waals surface area (Å²) in [5.74, 6) is 2.12.